The number of aryl methyl sites for hydroxylation is 1. The van der Waals surface area contributed by atoms with Crippen molar-refractivity contribution < 1.29 is 56.7 Å². The van der Waals surface area contributed by atoms with Crippen molar-refractivity contribution in [2.24, 2.45) is 0 Å². The number of fused-ring (bicyclic) bond motifs is 1. The lowest BCUT2D eigenvalue weighted by Crippen LogP contribution is -2.70. The maximum absolute atomic E-state index is 15.2. The fourth-order valence-corrected chi connectivity index (χ4v) is 18.5. The van der Waals surface area contributed by atoms with Crippen molar-refractivity contribution in [3.8, 4) is 0 Å². The number of amides is 1. The Hall–Kier alpha value is -8.84. The van der Waals surface area contributed by atoms with Crippen LogP contribution in [0.1, 0.15) is 69.3 Å². The monoisotopic (exact) mass is 1330 g/mol. The van der Waals surface area contributed by atoms with Gasteiger partial charge in [-0.1, -0.05) is 275 Å². The SMILES string of the molecule is Cc1ccc(S[C@@H]2O[C@H](CO[Si](c3ccccc3)(c3ccccc3)C(C)(C)C)[C@@H](O[C@H]3O[C@H](COC(=O)c4ccccc4)[C@@H](OCc4ccc5ccccc5c4)[C@H](OCc4ccccc4)[C@H]3NC(=O)Cc3ccccc3)[C@H](OCc3ccccc3)[C@H]2OC(=O)c2ccccc2)cc1. The summed E-state index contributed by atoms with van der Waals surface area (Å²) in [4.78, 5) is 45.3. The zero-order chi connectivity index (χ0) is 67.0. The van der Waals surface area contributed by atoms with E-state index in [2.05, 4.69) is 74.6 Å². The van der Waals surface area contributed by atoms with E-state index in [1.165, 1.54) is 11.8 Å². The molecule has 1 N–H and O–H groups in total. The van der Waals surface area contributed by atoms with Crippen molar-refractivity contribution in [2.75, 3.05) is 13.2 Å². The van der Waals surface area contributed by atoms with Gasteiger partial charge in [0.1, 0.15) is 54.7 Å². The van der Waals surface area contributed by atoms with Gasteiger partial charge in [0, 0.05) is 4.90 Å². The van der Waals surface area contributed by atoms with Crippen LogP contribution >= 0.6 is 11.8 Å². The van der Waals surface area contributed by atoms with Crippen LogP contribution < -0.4 is 15.7 Å². The number of benzene rings is 10. The fraction of sp³-hybridized carbons (Fsp3) is 0.256. The van der Waals surface area contributed by atoms with Gasteiger partial charge in [-0.05, 0) is 97.8 Å². The maximum Gasteiger partial charge on any atom is 0.338 e. The van der Waals surface area contributed by atoms with Crippen molar-refractivity contribution in [2.45, 2.75) is 124 Å². The first kappa shape index (κ1) is 68.1. The molecule has 2 saturated heterocycles. The molecule has 12 rings (SSSR count). The van der Waals surface area contributed by atoms with Crippen LogP contribution in [0.5, 0.6) is 0 Å². The topological polar surface area (TPSA) is 146 Å². The van der Waals surface area contributed by atoms with Crippen molar-refractivity contribution in [1.82, 2.24) is 5.32 Å². The molecule has 2 heterocycles. The molecule has 0 bridgehead atoms. The Bertz CT molecular complexity index is 4080. The predicted octanol–water partition coefficient (Wildman–Crippen LogP) is 14.2. The van der Waals surface area contributed by atoms with Crippen LogP contribution in [-0.2, 0) is 73.4 Å². The Morgan fingerprint density at radius 3 is 1.53 bits per heavy atom. The summed E-state index contributed by atoms with van der Waals surface area (Å²) in [6.07, 6.45) is -9.40. The van der Waals surface area contributed by atoms with Gasteiger partial charge in [-0.15, -0.1) is 0 Å². The molecule has 10 atom stereocenters. The van der Waals surface area contributed by atoms with E-state index in [1.54, 1.807) is 48.5 Å². The molecule has 10 aromatic carbocycles. The molecule has 10 aromatic rings. The van der Waals surface area contributed by atoms with Gasteiger partial charge in [0.2, 0.25) is 5.91 Å². The van der Waals surface area contributed by atoms with Crippen molar-refractivity contribution in [3.63, 3.8) is 0 Å². The Labute approximate surface area is 573 Å². The van der Waals surface area contributed by atoms with E-state index in [4.69, 9.17) is 42.3 Å². The second kappa shape index (κ2) is 32.5. The fourth-order valence-electron chi connectivity index (χ4n) is 12.8. The molecular formula is C82H81NO12SSi. The van der Waals surface area contributed by atoms with Crippen molar-refractivity contribution in [3.05, 3.63) is 318 Å². The summed E-state index contributed by atoms with van der Waals surface area (Å²) in [5.41, 5.74) is 4.07. The summed E-state index contributed by atoms with van der Waals surface area (Å²) in [6.45, 7) is 8.45. The molecule has 0 spiro atoms. The highest BCUT2D eigenvalue weighted by atomic mass is 32.2. The lowest BCUT2D eigenvalue weighted by molar-refractivity contribution is -0.329. The van der Waals surface area contributed by atoms with E-state index >= 15 is 4.79 Å². The number of nitrogens with one attached hydrogen (secondary N) is 1. The number of carbonyl (C=O) groups excluding carboxylic acids is 3. The Balaban J connectivity index is 1.03. The normalized spacial score (nSPS) is 21.1. The molecule has 2 aliphatic heterocycles. The van der Waals surface area contributed by atoms with Crippen LogP contribution in [0, 0.1) is 6.92 Å². The van der Waals surface area contributed by atoms with Gasteiger partial charge in [-0.25, -0.2) is 9.59 Å². The van der Waals surface area contributed by atoms with Crippen LogP contribution in [0.2, 0.25) is 5.04 Å². The van der Waals surface area contributed by atoms with E-state index in [-0.39, 0.29) is 45.4 Å². The molecule has 0 radical (unpaired) electrons. The summed E-state index contributed by atoms with van der Waals surface area (Å²) in [5, 5.41) is 7.06. The summed E-state index contributed by atoms with van der Waals surface area (Å²) in [5.74, 6) is -1.57. The van der Waals surface area contributed by atoms with Crippen LogP contribution in [-0.4, -0.2) is 99.9 Å². The molecule has 0 unspecified atom stereocenters. The number of hydrogen-bond acceptors (Lipinski definition) is 13. The minimum Gasteiger partial charge on any atom is -0.459 e. The molecule has 0 aromatic heterocycles. The number of esters is 2. The van der Waals surface area contributed by atoms with E-state index in [0.717, 1.165) is 53.9 Å². The Morgan fingerprint density at radius 1 is 0.464 bits per heavy atom. The van der Waals surface area contributed by atoms with Gasteiger partial charge in [0.15, 0.2) is 12.4 Å². The largest absolute Gasteiger partial charge is 0.459 e. The summed E-state index contributed by atoms with van der Waals surface area (Å²) >= 11 is 1.40. The number of rotatable bonds is 26. The molecule has 0 saturated carbocycles. The van der Waals surface area contributed by atoms with Crippen LogP contribution in [0.3, 0.4) is 0 Å². The molecule has 496 valence electrons. The van der Waals surface area contributed by atoms with Gasteiger partial charge in [-0.3, -0.25) is 4.79 Å². The predicted molar refractivity (Wildman–Crippen MR) is 380 cm³/mol. The van der Waals surface area contributed by atoms with Crippen LogP contribution in [0.25, 0.3) is 10.8 Å². The third-order valence-corrected chi connectivity index (χ3v) is 23.8. The standard InChI is InChI=1S/C82H81NO12SSi/c1-57-44-48-66(49-45-57)96-81-77(94-79(86)64-37-20-9-21-38-64)76(89-53-60-32-16-7-17-33-60)74(70(93-81)56-91-97(82(2,3)4,67-40-22-10-23-41-67)68-42-24-11-25-43-68)95-80-72(83-71(84)51-58-28-12-5-13-29-58)75(88-52-59-30-14-6-15-31-59)73(69(92-80)55-90-78(85)63-35-18-8-19-36-63)87-54-61-46-47-62-34-26-27-39-65(62)50-61/h5-50,69-70,72-77,80-81H,51-56H2,1-4H3,(H,83,84)/t69-,70-,72-,73-,74-,75-,76+,77-,80-,81+/m1/s1. The molecule has 15 heteroatoms. The van der Waals surface area contributed by atoms with Crippen LogP contribution in [0.4, 0.5) is 0 Å². The smallest absolute Gasteiger partial charge is 0.338 e. The van der Waals surface area contributed by atoms with E-state index in [0.29, 0.717) is 11.1 Å². The first-order valence-corrected chi connectivity index (χ1v) is 35.8. The van der Waals surface area contributed by atoms with Crippen LogP contribution in [0.15, 0.2) is 284 Å². The zero-order valence-corrected chi connectivity index (χ0v) is 56.7. The zero-order valence-electron chi connectivity index (χ0n) is 54.9. The first-order chi connectivity index (χ1) is 47.3. The van der Waals surface area contributed by atoms with Crippen molar-refractivity contribution >= 4 is 59.1 Å². The number of ether oxygens (including phenoxy) is 8. The van der Waals surface area contributed by atoms with E-state index in [1.807, 2.05) is 189 Å². The Morgan fingerprint density at radius 2 is 0.948 bits per heavy atom. The lowest BCUT2D eigenvalue weighted by atomic mass is 9.94. The molecule has 97 heavy (non-hydrogen) atoms. The number of carbonyl (C=O) groups is 3. The van der Waals surface area contributed by atoms with Gasteiger partial charge in [-0.2, -0.15) is 0 Å². The van der Waals surface area contributed by atoms with Gasteiger partial charge in [0.25, 0.3) is 8.32 Å². The number of hydrogen-bond donors (Lipinski definition) is 1. The molecule has 2 fully saturated rings. The second-order valence-corrected chi connectivity index (χ2v) is 31.0. The first-order valence-electron chi connectivity index (χ1n) is 33.0. The summed E-state index contributed by atoms with van der Waals surface area (Å²) in [6, 6.07) is 88.5. The van der Waals surface area contributed by atoms with Gasteiger partial charge < -0.3 is 47.6 Å². The third-order valence-electron chi connectivity index (χ3n) is 17.7. The van der Waals surface area contributed by atoms with Crippen molar-refractivity contribution in [1.29, 1.82) is 0 Å². The molecule has 2 aliphatic rings. The third kappa shape index (κ3) is 17.1. The maximum atomic E-state index is 15.2. The molecule has 13 nitrogen and oxygen atoms in total. The average Bonchev–Trinajstić information content (AvgIpc) is 0.748. The molecule has 0 aliphatic carbocycles. The summed E-state index contributed by atoms with van der Waals surface area (Å²) in [7, 11) is -3.39. The quantitative estimate of drug-likeness (QED) is 0.0406. The summed E-state index contributed by atoms with van der Waals surface area (Å²) < 4.78 is 65.7. The van der Waals surface area contributed by atoms with Gasteiger partial charge >= 0.3 is 11.9 Å². The highest BCUT2D eigenvalue weighted by Crippen LogP contribution is 2.43. The Kier molecular flexibility index (Phi) is 22.8. The van der Waals surface area contributed by atoms with Gasteiger partial charge in [0.05, 0.1) is 44.0 Å². The van der Waals surface area contributed by atoms with E-state index in [9.17, 15) is 9.59 Å². The number of thioether (sulfide) groups is 1. The average molecular weight is 1330 g/mol. The minimum absolute atomic E-state index is 0.0179. The molecular weight excluding hydrogens is 1250 g/mol. The highest BCUT2D eigenvalue weighted by molar-refractivity contribution is 7.99. The molecule has 1 amide bonds. The highest BCUT2D eigenvalue weighted by Gasteiger charge is 2.57. The minimum atomic E-state index is -3.39. The lowest BCUT2D eigenvalue weighted by Gasteiger charge is -2.51. The van der Waals surface area contributed by atoms with E-state index < -0.39 is 85.8 Å². The second-order valence-electron chi connectivity index (χ2n) is 25.5.